The molecular weight excluding hydrogens is 412 g/mol. The highest BCUT2D eigenvalue weighted by Gasteiger charge is 2.38. The van der Waals surface area contributed by atoms with Crippen molar-refractivity contribution in [1.29, 1.82) is 0 Å². The van der Waals surface area contributed by atoms with Crippen LogP contribution in [0.15, 0.2) is 72.8 Å². The van der Waals surface area contributed by atoms with Crippen molar-refractivity contribution in [3.63, 3.8) is 0 Å². The Bertz CT molecular complexity index is 1320. The first kappa shape index (κ1) is 20.9. The van der Waals surface area contributed by atoms with Crippen molar-refractivity contribution < 1.29 is 14.4 Å². The van der Waals surface area contributed by atoms with E-state index in [0.717, 1.165) is 17.5 Å². The number of nitrogens with zero attached hydrogens (tertiary/aromatic N) is 2. The maximum Gasteiger partial charge on any atom is 0.266 e. The minimum atomic E-state index is -0.386. The van der Waals surface area contributed by atoms with Crippen LogP contribution < -0.4 is 4.90 Å². The van der Waals surface area contributed by atoms with Gasteiger partial charge in [-0.1, -0.05) is 48.5 Å². The van der Waals surface area contributed by atoms with E-state index in [0.29, 0.717) is 29.9 Å². The van der Waals surface area contributed by atoms with Gasteiger partial charge in [0.1, 0.15) is 0 Å². The third kappa shape index (κ3) is 3.65. The van der Waals surface area contributed by atoms with Crippen LogP contribution in [-0.2, 0) is 0 Å². The maximum absolute atomic E-state index is 13.2. The number of hydrogen-bond donors (Lipinski definition) is 0. The third-order valence-corrected chi connectivity index (χ3v) is 6.38. The molecule has 0 unspecified atom stereocenters. The average Bonchev–Trinajstić information content (AvgIpc) is 3.10. The molecule has 3 amide bonds. The quantitative estimate of drug-likeness (QED) is 0.541. The first-order valence-corrected chi connectivity index (χ1v) is 11.1. The zero-order valence-electron chi connectivity index (χ0n) is 18.7. The van der Waals surface area contributed by atoms with Gasteiger partial charge in [-0.15, -0.1) is 0 Å². The number of anilines is 1. The number of carbonyl (C=O) groups excluding carboxylic acids is 3. The monoisotopic (exact) mass is 436 g/mol. The lowest BCUT2D eigenvalue weighted by molar-refractivity contribution is 0.0772. The maximum atomic E-state index is 13.2. The van der Waals surface area contributed by atoms with E-state index in [2.05, 4.69) is 18.2 Å². The van der Waals surface area contributed by atoms with Gasteiger partial charge in [-0.2, -0.15) is 0 Å². The summed E-state index contributed by atoms with van der Waals surface area (Å²) in [5.41, 5.74) is 5.86. The molecule has 2 heterocycles. The zero-order valence-corrected chi connectivity index (χ0v) is 18.7. The molecule has 5 rings (SSSR count). The summed E-state index contributed by atoms with van der Waals surface area (Å²) >= 11 is 0. The standard InChI is InChI=1S/C28H24N2O3/c1-18-8-9-19(2)25(16-18)30-27(32)23-11-10-22(17-24(23)28(30)33)26(31)29-14-12-21(13-15-29)20-6-4-3-5-7-20/h3-12,16-17H,13-15H2,1-2H3. The highest BCUT2D eigenvalue weighted by molar-refractivity contribution is 6.35. The van der Waals surface area contributed by atoms with Crippen LogP contribution in [0.25, 0.3) is 5.57 Å². The predicted octanol–water partition coefficient (Wildman–Crippen LogP) is 5.03. The topological polar surface area (TPSA) is 57.7 Å². The van der Waals surface area contributed by atoms with Crippen molar-refractivity contribution in [2.24, 2.45) is 0 Å². The summed E-state index contributed by atoms with van der Waals surface area (Å²) < 4.78 is 0. The smallest absolute Gasteiger partial charge is 0.266 e. The number of amides is 3. The van der Waals surface area contributed by atoms with Crippen LogP contribution in [0.3, 0.4) is 0 Å². The fourth-order valence-corrected chi connectivity index (χ4v) is 4.50. The Kier molecular flexibility index (Phi) is 5.17. The molecule has 0 saturated heterocycles. The molecule has 0 bridgehead atoms. The highest BCUT2D eigenvalue weighted by atomic mass is 16.2. The molecule has 0 N–H and O–H groups in total. The number of carbonyl (C=O) groups is 3. The fraction of sp³-hybridized carbons (Fsp3) is 0.179. The van der Waals surface area contributed by atoms with Crippen molar-refractivity contribution in [1.82, 2.24) is 4.90 Å². The van der Waals surface area contributed by atoms with Gasteiger partial charge in [0.05, 0.1) is 16.8 Å². The number of hydrogen-bond acceptors (Lipinski definition) is 3. The lowest BCUT2D eigenvalue weighted by Crippen LogP contribution is -2.34. The Morgan fingerprint density at radius 1 is 0.848 bits per heavy atom. The third-order valence-electron chi connectivity index (χ3n) is 6.38. The molecule has 164 valence electrons. The normalized spacial score (nSPS) is 15.5. The summed E-state index contributed by atoms with van der Waals surface area (Å²) in [5, 5.41) is 0. The molecule has 0 aliphatic carbocycles. The molecular formula is C28H24N2O3. The van der Waals surface area contributed by atoms with Crippen LogP contribution in [0.4, 0.5) is 5.69 Å². The van der Waals surface area contributed by atoms with E-state index in [9.17, 15) is 14.4 Å². The molecule has 3 aromatic rings. The van der Waals surface area contributed by atoms with Crippen LogP contribution in [0, 0.1) is 13.8 Å². The van der Waals surface area contributed by atoms with E-state index in [1.54, 1.807) is 23.1 Å². The van der Waals surface area contributed by atoms with Gasteiger partial charge in [0.2, 0.25) is 0 Å². The van der Waals surface area contributed by atoms with Crippen LogP contribution >= 0.6 is 0 Å². The first-order chi connectivity index (χ1) is 15.9. The molecule has 33 heavy (non-hydrogen) atoms. The van der Waals surface area contributed by atoms with Crippen LogP contribution in [0.2, 0.25) is 0 Å². The Labute approximate surface area is 192 Å². The van der Waals surface area contributed by atoms with Gasteiger partial charge in [-0.05, 0) is 66.8 Å². The lowest BCUT2D eigenvalue weighted by Gasteiger charge is -2.27. The molecule has 0 fully saturated rings. The second-order valence-electron chi connectivity index (χ2n) is 8.59. The van der Waals surface area contributed by atoms with Crippen LogP contribution in [0.5, 0.6) is 0 Å². The largest absolute Gasteiger partial charge is 0.335 e. The van der Waals surface area contributed by atoms with E-state index in [4.69, 9.17) is 0 Å². The Hall–Kier alpha value is -3.99. The highest BCUT2D eigenvalue weighted by Crippen LogP contribution is 2.32. The number of imide groups is 1. The number of rotatable bonds is 3. The van der Waals surface area contributed by atoms with Crippen molar-refractivity contribution in [3.8, 4) is 0 Å². The minimum absolute atomic E-state index is 0.133. The minimum Gasteiger partial charge on any atom is -0.335 e. The molecule has 3 aromatic carbocycles. The van der Waals surface area contributed by atoms with Crippen molar-refractivity contribution in [2.75, 3.05) is 18.0 Å². The Morgan fingerprint density at radius 3 is 2.33 bits per heavy atom. The van der Waals surface area contributed by atoms with Gasteiger partial charge < -0.3 is 4.90 Å². The van der Waals surface area contributed by atoms with Gasteiger partial charge >= 0.3 is 0 Å². The summed E-state index contributed by atoms with van der Waals surface area (Å²) in [6.07, 6.45) is 2.86. The summed E-state index contributed by atoms with van der Waals surface area (Å²) in [5.74, 6) is -0.869. The Balaban J connectivity index is 1.39. The molecule has 2 aliphatic rings. The van der Waals surface area contributed by atoms with Gasteiger partial charge in [-0.25, -0.2) is 4.90 Å². The zero-order chi connectivity index (χ0) is 23.1. The molecule has 0 saturated carbocycles. The molecule has 0 radical (unpaired) electrons. The van der Waals surface area contributed by atoms with Gasteiger partial charge in [0, 0.05) is 18.7 Å². The fourth-order valence-electron chi connectivity index (χ4n) is 4.50. The number of fused-ring (bicyclic) bond motifs is 1. The van der Waals surface area contributed by atoms with E-state index in [1.165, 1.54) is 16.0 Å². The summed E-state index contributed by atoms with van der Waals surface area (Å²) in [6, 6.07) is 20.7. The molecule has 5 nitrogen and oxygen atoms in total. The lowest BCUT2D eigenvalue weighted by atomic mass is 9.98. The first-order valence-electron chi connectivity index (χ1n) is 11.1. The summed E-state index contributed by atoms with van der Waals surface area (Å²) in [4.78, 5) is 42.4. The van der Waals surface area contributed by atoms with E-state index < -0.39 is 0 Å². The molecule has 0 spiro atoms. The second-order valence-corrected chi connectivity index (χ2v) is 8.59. The predicted molar refractivity (Wildman–Crippen MR) is 128 cm³/mol. The molecule has 0 aromatic heterocycles. The average molecular weight is 437 g/mol. The number of benzene rings is 3. The molecule has 2 aliphatic heterocycles. The van der Waals surface area contributed by atoms with Crippen molar-refractivity contribution in [3.05, 3.63) is 106 Å². The summed E-state index contributed by atoms with van der Waals surface area (Å²) in [7, 11) is 0. The van der Waals surface area contributed by atoms with Gasteiger partial charge in [0.15, 0.2) is 0 Å². The second kappa shape index (κ2) is 8.17. The van der Waals surface area contributed by atoms with Gasteiger partial charge in [-0.3, -0.25) is 14.4 Å². The molecule has 5 heteroatoms. The molecule has 0 atom stereocenters. The number of aryl methyl sites for hydroxylation is 2. The van der Waals surface area contributed by atoms with Crippen molar-refractivity contribution in [2.45, 2.75) is 20.3 Å². The SMILES string of the molecule is Cc1ccc(C)c(N2C(=O)c3ccc(C(=O)N4CC=C(c5ccccc5)CC4)cc3C2=O)c1. The van der Waals surface area contributed by atoms with E-state index >= 15 is 0 Å². The van der Waals surface area contributed by atoms with Crippen LogP contribution in [0.1, 0.15) is 54.2 Å². The van der Waals surface area contributed by atoms with Crippen molar-refractivity contribution >= 4 is 29.0 Å². The van der Waals surface area contributed by atoms with E-state index in [-0.39, 0.29) is 23.3 Å². The Morgan fingerprint density at radius 2 is 1.61 bits per heavy atom. The van der Waals surface area contributed by atoms with Gasteiger partial charge in [0.25, 0.3) is 17.7 Å². The van der Waals surface area contributed by atoms with Crippen LogP contribution in [-0.4, -0.2) is 35.7 Å². The van der Waals surface area contributed by atoms with E-state index in [1.807, 2.05) is 50.2 Å². The summed E-state index contributed by atoms with van der Waals surface area (Å²) in [6.45, 7) is 4.93.